The quantitative estimate of drug-likeness (QED) is 0.266. The Balaban J connectivity index is 1.95. The molecule has 38 heavy (non-hydrogen) atoms. The van der Waals surface area contributed by atoms with Gasteiger partial charge in [0.05, 0.1) is 38.9 Å². The first-order valence-electron chi connectivity index (χ1n) is 12.4. The monoisotopic (exact) mass is 573 g/mol. The average molecular weight is 575 g/mol. The number of carbonyl (C=O) groups excluding carboxylic acids is 1. The van der Waals surface area contributed by atoms with Crippen molar-refractivity contribution in [3.8, 4) is 0 Å². The van der Waals surface area contributed by atoms with E-state index in [9.17, 15) is 9.59 Å². The van der Waals surface area contributed by atoms with Crippen LogP contribution in [0.3, 0.4) is 0 Å². The molecular formula is C28H30Cl3N5O2. The second-order valence-electron chi connectivity index (χ2n) is 9.58. The summed E-state index contributed by atoms with van der Waals surface area (Å²) in [6.07, 6.45) is 0.577. The van der Waals surface area contributed by atoms with Crippen LogP contribution >= 0.6 is 34.8 Å². The van der Waals surface area contributed by atoms with Crippen molar-refractivity contribution >= 4 is 46.2 Å². The summed E-state index contributed by atoms with van der Waals surface area (Å²) in [5.41, 5.74) is 8.60. The van der Waals surface area contributed by atoms with Crippen LogP contribution in [0.2, 0.25) is 15.1 Å². The topological polar surface area (TPSA) is 85.6 Å². The smallest absolute Gasteiger partial charge is 0.330 e. The minimum atomic E-state index is -0.476. The molecule has 2 aromatic carbocycles. The Morgan fingerprint density at radius 1 is 1.05 bits per heavy atom. The van der Waals surface area contributed by atoms with Gasteiger partial charge in [-0.25, -0.2) is 4.79 Å². The third kappa shape index (κ3) is 5.61. The number of fused-ring (bicyclic) bond motifs is 1. The molecule has 1 unspecified atom stereocenters. The SMILES string of the molecule is Cc1nn2c(=O)n(Cc3ccccc3)c(C(C(C)C)N(CCCN)C(=O)c3ccc(Cl)c(Cl)c3)cc2c1Cl. The van der Waals surface area contributed by atoms with Gasteiger partial charge in [-0.3, -0.25) is 9.36 Å². The second kappa shape index (κ2) is 11.9. The second-order valence-corrected chi connectivity index (χ2v) is 10.8. The molecule has 4 aromatic rings. The van der Waals surface area contributed by atoms with E-state index in [0.29, 0.717) is 63.6 Å². The summed E-state index contributed by atoms with van der Waals surface area (Å²) in [4.78, 5) is 29.6. The van der Waals surface area contributed by atoms with E-state index in [1.165, 1.54) is 4.52 Å². The fraction of sp³-hybridized carbons (Fsp3) is 0.321. The Hall–Kier alpha value is -2.84. The highest BCUT2D eigenvalue weighted by Gasteiger charge is 2.32. The maximum Gasteiger partial charge on any atom is 0.349 e. The molecule has 0 radical (unpaired) electrons. The molecule has 2 aromatic heterocycles. The van der Waals surface area contributed by atoms with Crippen molar-refractivity contribution in [2.75, 3.05) is 13.1 Å². The summed E-state index contributed by atoms with van der Waals surface area (Å²) < 4.78 is 3.00. The van der Waals surface area contributed by atoms with E-state index < -0.39 is 6.04 Å². The molecule has 0 aliphatic carbocycles. The summed E-state index contributed by atoms with van der Waals surface area (Å²) >= 11 is 18.9. The third-order valence-corrected chi connectivity index (χ3v) is 7.72. The number of amides is 1. The van der Waals surface area contributed by atoms with Gasteiger partial charge in [0.15, 0.2) is 0 Å². The van der Waals surface area contributed by atoms with Crippen LogP contribution in [0.15, 0.2) is 59.4 Å². The Morgan fingerprint density at radius 3 is 2.39 bits per heavy atom. The Kier molecular flexibility index (Phi) is 8.83. The summed E-state index contributed by atoms with van der Waals surface area (Å²) in [6, 6.07) is 15.9. The third-order valence-electron chi connectivity index (χ3n) is 6.51. The molecule has 2 N–H and O–H groups in total. The number of carbonyl (C=O) groups is 1. The van der Waals surface area contributed by atoms with E-state index >= 15 is 0 Å². The predicted molar refractivity (Wildman–Crippen MR) is 153 cm³/mol. The van der Waals surface area contributed by atoms with E-state index in [-0.39, 0.29) is 17.5 Å². The highest BCUT2D eigenvalue weighted by atomic mass is 35.5. The highest BCUT2D eigenvalue weighted by Crippen LogP contribution is 2.33. The van der Waals surface area contributed by atoms with Gasteiger partial charge < -0.3 is 10.6 Å². The molecule has 1 amide bonds. The molecule has 0 fully saturated rings. The molecule has 7 nitrogen and oxygen atoms in total. The molecular weight excluding hydrogens is 545 g/mol. The zero-order valence-electron chi connectivity index (χ0n) is 21.5. The van der Waals surface area contributed by atoms with Gasteiger partial charge in [0, 0.05) is 17.8 Å². The summed E-state index contributed by atoms with van der Waals surface area (Å²) in [6.45, 7) is 6.89. The molecule has 10 heteroatoms. The van der Waals surface area contributed by atoms with Gasteiger partial charge in [0.25, 0.3) is 5.91 Å². The number of rotatable bonds is 9. The first-order valence-corrected chi connectivity index (χ1v) is 13.6. The van der Waals surface area contributed by atoms with Gasteiger partial charge in [0.2, 0.25) is 0 Å². The van der Waals surface area contributed by atoms with Crippen molar-refractivity contribution in [2.24, 2.45) is 11.7 Å². The molecule has 1 atom stereocenters. The number of aromatic nitrogens is 3. The lowest BCUT2D eigenvalue weighted by molar-refractivity contribution is 0.0609. The van der Waals surface area contributed by atoms with Crippen LogP contribution in [0.5, 0.6) is 0 Å². The number of hydrogen-bond donors (Lipinski definition) is 1. The van der Waals surface area contributed by atoms with Crippen LogP contribution in [-0.4, -0.2) is 38.1 Å². The van der Waals surface area contributed by atoms with Crippen LogP contribution in [-0.2, 0) is 6.54 Å². The van der Waals surface area contributed by atoms with Crippen LogP contribution in [0, 0.1) is 12.8 Å². The highest BCUT2D eigenvalue weighted by molar-refractivity contribution is 6.42. The first-order chi connectivity index (χ1) is 18.1. The van der Waals surface area contributed by atoms with E-state index in [1.54, 1.807) is 34.6 Å². The normalized spacial score (nSPS) is 12.3. The number of benzene rings is 2. The van der Waals surface area contributed by atoms with Crippen LogP contribution in [0.1, 0.15) is 53.6 Å². The number of aryl methyl sites for hydroxylation is 1. The Labute approximate surface area is 236 Å². The minimum Gasteiger partial charge on any atom is -0.330 e. The van der Waals surface area contributed by atoms with Gasteiger partial charge in [-0.15, -0.1) is 0 Å². The lowest BCUT2D eigenvalue weighted by Crippen LogP contribution is -2.42. The van der Waals surface area contributed by atoms with Gasteiger partial charge in [0.1, 0.15) is 0 Å². The van der Waals surface area contributed by atoms with Gasteiger partial charge >= 0.3 is 5.69 Å². The fourth-order valence-electron chi connectivity index (χ4n) is 4.69. The molecule has 0 aliphatic rings. The van der Waals surface area contributed by atoms with E-state index in [1.807, 2.05) is 50.2 Å². The molecule has 0 saturated heterocycles. The Bertz CT molecular complexity index is 1510. The molecule has 4 rings (SSSR count). The zero-order chi connectivity index (χ0) is 27.6. The van der Waals surface area contributed by atoms with Crippen LogP contribution in [0.25, 0.3) is 5.52 Å². The van der Waals surface area contributed by atoms with Crippen molar-refractivity contribution in [1.82, 2.24) is 19.1 Å². The summed E-state index contributed by atoms with van der Waals surface area (Å²) in [7, 11) is 0. The Morgan fingerprint density at radius 2 is 1.76 bits per heavy atom. The number of hydrogen-bond acceptors (Lipinski definition) is 4. The molecule has 0 spiro atoms. The maximum atomic E-state index is 14.0. The largest absolute Gasteiger partial charge is 0.349 e. The predicted octanol–water partition coefficient (Wildman–Crippen LogP) is 6.00. The number of nitrogens with zero attached hydrogens (tertiary/aromatic N) is 4. The standard InChI is InChI=1S/C28H30Cl3N5O2/c1-17(2)26(34(13-7-12-32)27(37)20-10-11-21(29)22(30)14-20)24-15-23-25(31)18(3)33-36(23)28(38)35(24)16-19-8-5-4-6-9-19/h4-6,8-11,14-15,17,26H,7,12-13,16,32H2,1-3H3. The van der Waals surface area contributed by atoms with Crippen molar-refractivity contribution in [3.05, 3.63) is 103 Å². The van der Waals surface area contributed by atoms with Crippen LogP contribution in [0.4, 0.5) is 0 Å². The minimum absolute atomic E-state index is 0.0637. The molecule has 0 aliphatic heterocycles. The van der Waals surface area contributed by atoms with Crippen LogP contribution < -0.4 is 11.4 Å². The lowest BCUT2D eigenvalue weighted by Gasteiger charge is -2.36. The van der Waals surface area contributed by atoms with E-state index in [4.69, 9.17) is 40.5 Å². The van der Waals surface area contributed by atoms with Crippen molar-refractivity contribution < 1.29 is 4.79 Å². The van der Waals surface area contributed by atoms with Gasteiger partial charge in [-0.05, 0) is 55.6 Å². The average Bonchev–Trinajstić information content (AvgIpc) is 3.18. The summed E-state index contributed by atoms with van der Waals surface area (Å²) in [5, 5.41) is 5.45. The van der Waals surface area contributed by atoms with Gasteiger partial charge in [-0.2, -0.15) is 9.61 Å². The maximum absolute atomic E-state index is 14.0. The van der Waals surface area contributed by atoms with E-state index in [2.05, 4.69) is 5.10 Å². The first kappa shape index (κ1) is 28.2. The molecule has 0 bridgehead atoms. The molecule has 0 saturated carbocycles. The molecule has 200 valence electrons. The fourth-order valence-corrected chi connectivity index (χ4v) is 5.16. The van der Waals surface area contributed by atoms with Crippen molar-refractivity contribution in [3.63, 3.8) is 0 Å². The number of nitrogens with two attached hydrogens (primary N) is 1. The lowest BCUT2D eigenvalue weighted by atomic mass is 9.96. The summed E-state index contributed by atoms with van der Waals surface area (Å²) in [5.74, 6) is -0.295. The van der Waals surface area contributed by atoms with Crippen molar-refractivity contribution in [2.45, 2.75) is 39.8 Å². The van der Waals surface area contributed by atoms with Crippen molar-refractivity contribution in [1.29, 1.82) is 0 Å². The number of halogens is 3. The van der Waals surface area contributed by atoms with E-state index in [0.717, 1.165) is 5.56 Å². The zero-order valence-corrected chi connectivity index (χ0v) is 23.8. The van der Waals surface area contributed by atoms with Gasteiger partial charge in [-0.1, -0.05) is 79.0 Å². The molecule has 2 heterocycles.